The van der Waals surface area contributed by atoms with Gasteiger partial charge in [0.1, 0.15) is 6.54 Å². The predicted molar refractivity (Wildman–Crippen MR) is 84.4 cm³/mol. The molecule has 8 heteroatoms. The molecule has 0 bridgehead atoms. The quantitative estimate of drug-likeness (QED) is 0.702. The standard InChI is InChI=1S/C15H18N2O5S/c1-11-7-8-13(15(20)17(11)9-14(18)19)16-23(21,22)10-12-5-3-2-4-6-12/h2-8,15-16,20H,9-10H2,1H3,(H,18,19). The van der Waals surface area contributed by atoms with Gasteiger partial charge in [-0.15, -0.1) is 0 Å². The molecule has 7 nitrogen and oxygen atoms in total. The highest BCUT2D eigenvalue weighted by Crippen LogP contribution is 2.19. The summed E-state index contributed by atoms with van der Waals surface area (Å²) in [6, 6.07) is 8.63. The molecule has 0 fully saturated rings. The Kier molecular flexibility index (Phi) is 5.07. The maximum absolute atomic E-state index is 12.2. The smallest absolute Gasteiger partial charge is 0.323 e. The third-order valence-corrected chi connectivity index (χ3v) is 4.57. The zero-order valence-corrected chi connectivity index (χ0v) is 13.3. The van der Waals surface area contributed by atoms with Crippen molar-refractivity contribution in [3.63, 3.8) is 0 Å². The van der Waals surface area contributed by atoms with Crippen molar-refractivity contribution in [2.24, 2.45) is 0 Å². The Morgan fingerprint density at radius 2 is 1.91 bits per heavy atom. The molecule has 1 aliphatic rings. The zero-order chi connectivity index (χ0) is 17.0. The molecule has 0 spiro atoms. The molecular formula is C15H18N2O5S. The Morgan fingerprint density at radius 1 is 1.26 bits per heavy atom. The number of benzene rings is 1. The highest BCUT2D eigenvalue weighted by atomic mass is 32.2. The molecule has 1 aromatic rings. The molecule has 2 rings (SSSR count). The van der Waals surface area contributed by atoms with Gasteiger partial charge in [0.2, 0.25) is 10.0 Å². The van der Waals surface area contributed by atoms with Crippen LogP contribution in [0, 0.1) is 0 Å². The van der Waals surface area contributed by atoms with Crippen molar-refractivity contribution in [3.8, 4) is 0 Å². The van der Waals surface area contributed by atoms with E-state index in [0.717, 1.165) is 0 Å². The van der Waals surface area contributed by atoms with E-state index >= 15 is 0 Å². The molecule has 1 aromatic carbocycles. The van der Waals surface area contributed by atoms with Crippen molar-refractivity contribution < 1.29 is 23.4 Å². The Labute approximate surface area is 134 Å². The topological polar surface area (TPSA) is 107 Å². The third kappa shape index (κ3) is 4.57. The summed E-state index contributed by atoms with van der Waals surface area (Å²) in [6.07, 6.45) is 1.62. The summed E-state index contributed by atoms with van der Waals surface area (Å²) < 4.78 is 26.7. The van der Waals surface area contributed by atoms with Gasteiger partial charge in [0.15, 0.2) is 6.23 Å². The van der Waals surface area contributed by atoms with Gasteiger partial charge < -0.3 is 15.1 Å². The van der Waals surface area contributed by atoms with E-state index in [4.69, 9.17) is 5.11 Å². The summed E-state index contributed by atoms with van der Waals surface area (Å²) in [5.41, 5.74) is 1.17. The second kappa shape index (κ2) is 6.84. The number of carboxylic acids is 1. The molecule has 1 atom stereocenters. The van der Waals surface area contributed by atoms with E-state index < -0.39 is 28.8 Å². The average molecular weight is 338 g/mol. The van der Waals surface area contributed by atoms with E-state index in [1.807, 2.05) is 0 Å². The first-order valence-electron chi connectivity index (χ1n) is 6.88. The summed E-state index contributed by atoms with van der Waals surface area (Å²) >= 11 is 0. The first-order chi connectivity index (χ1) is 10.8. The van der Waals surface area contributed by atoms with Crippen LogP contribution in [0.3, 0.4) is 0 Å². The van der Waals surface area contributed by atoms with Gasteiger partial charge in [-0.05, 0) is 24.6 Å². The van der Waals surface area contributed by atoms with Gasteiger partial charge >= 0.3 is 5.97 Å². The van der Waals surface area contributed by atoms with Crippen LogP contribution in [0.5, 0.6) is 0 Å². The van der Waals surface area contributed by atoms with Crippen molar-refractivity contribution in [1.29, 1.82) is 0 Å². The summed E-state index contributed by atoms with van der Waals surface area (Å²) in [7, 11) is -3.72. The van der Waals surface area contributed by atoms with Crippen LogP contribution in [-0.4, -0.2) is 42.3 Å². The van der Waals surface area contributed by atoms with Crippen LogP contribution in [0.1, 0.15) is 12.5 Å². The summed E-state index contributed by atoms with van der Waals surface area (Å²) in [4.78, 5) is 12.1. The number of nitrogens with one attached hydrogen (secondary N) is 1. The molecule has 1 heterocycles. The minimum Gasteiger partial charge on any atom is -0.480 e. The maximum Gasteiger partial charge on any atom is 0.323 e. The number of hydrogen-bond acceptors (Lipinski definition) is 5. The summed E-state index contributed by atoms with van der Waals surface area (Å²) in [5, 5.41) is 19.1. The van der Waals surface area contributed by atoms with Crippen LogP contribution < -0.4 is 4.72 Å². The van der Waals surface area contributed by atoms with Crippen molar-refractivity contribution in [3.05, 3.63) is 59.4 Å². The first kappa shape index (κ1) is 17.0. The number of hydrogen-bond donors (Lipinski definition) is 3. The largest absolute Gasteiger partial charge is 0.480 e. The Balaban J connectivity index is 2.14. The molecule has 3 N–H and O–H groups in total. The van der Waals surface area contributed by atoms with Gasteiger partial charge in [-0.3, -0.25) is 9.52 Å². The fourth-order valence-electron chi connectivity index (χ4n) is 2.21. The van der Waals surface area contributed by atoms with Gasteiger partial charge in [0.05, 0.1) is 11.4 Å². The highest BCUT2D eigenvalue weighted by Gasteiger charge is 2.27. The number of sulfonamides is 1. The van der Waals surface area contributed by atoms with E-state index in [1.54, 1.807) is 43.3 Å². The first-order valence-corrected chi connectivity index (χ1v) is 8.53. The molecule has 0 aliphatic carbocycles. The summed E-state index contributed by atoms with van der Waals surface area (Å²) in [5.74, 6) is -1.36. The van der Waals surface area contributed by atoms with E-state index in [-0.39, 0.29) is 11.4 Å². The molecule has 1 unspecified atom stereocenters. The van der Waals surface area contributed by atoms with Crippen LogP contribution in [0.2, 0.25) is 0 Å². The minimum absolute atomic E-state index is 0.0211. The SMILES string of the molecule is CC1=CC=C(NS(=O)(=O)Cc2ccccc2)C(O)N1CC(=O)O. The fourth-order valence-corrected chi connectivity index (χ4v) is 3.44. The van der Waals surface area contributed by atoms with E-state index in [0.29, 0.717) is 11.3 Å². The second-order valence-electron chi connectivity index (χ2n) is 5.17. The van der Waals surface area contributed by atoms with Crippen molar-refractivity contribution in [2.75, 3.05) is 6.54 Å². The molecule has 0 saturated carbocycles. The average Bonchev–Trinajstić information content (AvgIpc) is 2.47. The van der Waals surface area contributed by atoms with Crippen LogP contribution in [0.4, 0.5) is 0 Å². The summed E-state index contributed by atoms with van der Waals surface area (Å²) in [6.45, 7) is 1.21. The number of rotatable bonds is 6. The highest BCUT2D eigenvalue weighted by molar-refractivity contribution is 7.88. The number of carbonyl (C=O) groups is 1. The normalized spacial score (nSPS) is 18.2. The maximum atomic E-state index is 12.2. The Hall–Kier alpha value is -2.32. The van der Waals surface area contributed by atoms with Crippen molar-refractivity contribution >= 4 is 16.0 Å². The zero-order valence-electron chi connectivity index (χ0n) is 12.5. The number of aliphatic hydroxyl groups excluding tert-OH is 1. The van der Waals surface area contributed by atoms with E-state index in [2.05, 4.69) is 4.72 Å². The lowest BCUT2D eigenvalue weighted by Gasteiger charge is -2.33. The monoisotopic (exact) mass is 338 g/mol. The van der Waals surface area contributed by atoms with Crippen LogP contribution in [-0.2, 0) is 20.6 Å². The molecule has 0 saturated heterocycles. The number of aliphatic carboxylic acids is 1. The fraction of sp³-hybridized carbons (Fsp3) is 0.267. The van der Waals surface area contributed by atoms with Gasteiger partial charge in [-0.2, -0.15) is 0 Å². The number of allylic oxidation sites excluding steroid dienone is 3. The lowest BCUT2D eigenvalue weighted by atomic mass is 10.2. The molecule has 1 aliphatic heterocycles. The third-order valence-electron chi connectivity index (χ3n) is 3.31. The lowest BCUT2D eigenvalue weighted by Crippen LogP contribution is -2.45. The predicted octanol–water partition coefficient (Wildman–Crippen LogP) is 0.612. The van der Waals surface area contributed by atoms with E-state index in [9.17, 15) is 18.3 Å². The Morgan fingerprint density at radius 3 is 2.52 bits per heavy atom. The van der Waals surface area contributed by atoms with Crippen LogP contribution in [0.25, 0.3) is 0 Å². The number of aliphatic hydroxyl groups is 1. The number of nitrogens with zero attached hydrogens (tertiary/aromatic N) is 1. The van der Waals surface area contributed by atoms with Gasteiger partial charge in [-0.25, -0.2) is 8.42 Å². The van der Waals surface area contributed by atoms with Crippen LogP contribution in [0.15, 0.2) is 53.9 Å². The molecule has 0 radical (unpaired) electrons. The Bertz CT molecular complexity index is 740. The van der Waals surface area contributed by atoms with Gasteiger partial charge in [0.25, 0.3) is 0 Å². The van der Waals surface area contributed by atoms with Crippen molar-refractivity contribution in [1.82, 2.24) is 9.62 Å². The van der Waals surface area contributed by atoms with Crippen molar-refractivity contribution in [2.45, 2.75) is 18.9 Å². The molecular weight excluding hydrogens is 320 g/mol. The molecule has 0 amide bonds. The minimum atomic E-state index is -3.72. The molecule has 23 heavy (non-hydrogen) atoms. The second-order valence-corrected chi connectivity index (χ2v) is 6.89. The molecule has 124 valence electrons. The lowest BCUT2D eigenvalue weighted by molar-refractivity contribution is -0.139. The van der Waals surface area contributed by atoms with E-state index in [1.165, 1.54) is 11.0 Å². The van der Waals surface area contributed by atoms with Gasteiger partial charge in [-0.1, -0.05) is 30.3 Å². The molecule has 0 aromatic heterocycles. The van der Waals surface area contributed by atoms with Gasteiger partial charge in [0, 0.05) is 5.70 Å². The number of carboxylic acid groups (broad SMARTS) is 1. The van der Waals surface area contributed by atoms with Crippen LogP contribution >= 0.6 is 0 Å².